The molecule has 3 aliphatic heterocycles. The lowest BCUT2D eigenvalue weighted by Crippen LogP contribution is -2.48. The summed E-state index contributed by atoms with van der Waals surface area (Å²) in [5, 5.41) is 9.45. The molecule has 3 unspecified atom stereocenters. The Hall–Kier alpha value is -2.20. The van der Waals surface area contributed by atoms with Crippen LogP contribution in [0.15, 0.2) is 51.9 Å². The quantitative estimate of drug-likeness (QED) is 0.529. The van der Waals surface area contributed by atoms with Crippen LogP contribution in [0.5, 0.6) is 0 Å². The highest BCUT2D eigenvalue weighted by molar-refractivity contribution is 9.10. The summed E-state index contributed by atoms with van der Waals surface area (Å²) >= 11 is 3.51. The van der Waals surface area contributed by atoms with E-state index in [0.29, 0.717) is 12.2 Å². The Kier molecular flexibility index (Phi) is 5.60. The highest BCUT2D eigenvalue weighted by Gasteiger charge is 2.62. The number of epoxide rings is 1. The normalized spacial score (nSPS) is 26.5. The van der Waals surface area contributed by atoms with E-state index in [2.05, 4.69) is 58.1 Å². The van der Waals surface area contributed by atoms with Gasteiger partial charge in [-0.05, 0) is 35.7 Å². The van der Waals surface area contributed by atoms with E-state index in [-0.39, 0.29) is 17.9 Å². The number of nitriles is 1. The summed E-state index contributed by atoms with van der Waals surface area (Å²) < 4.78 is 12.8. The van der Waals surface area contributed by atoms with Crippen LogP contribution in [-0.4, -0.2) is 41.8 Å². The van der Waals surface area contributed by atoms with Crippen LogP contribution in [0, 0.1) is 11.3 Å². The van der Waals surface area contributed by atoms with Gasteiger partial charge in [0.1, 0.15) is 17.5 Å². The van der Waals surface area contributed by atoms with Gasteiger partial charge < -0.3 is 14.4 Å². The van der Waals surface area contributed by atoms with Crippen molar-refractivity contribution in [3.05, 3.63) is 58.1 Å². The van der Waals surface area contributed by atoms with Crippen LogP contribution >= 0.6 is 15.9 Å². The van der Waals surface area contributed by atoms with Gasteiger partial charge in [-0.1, -0.05) is 53.5 Å². The van der Waals surface area contributed by atoms with Crippen molar-refractivity contribution in [1.82, 2.24) is 4.90 Å². The van der Waals surface area contributed by atoms with Crippen LogP contribution in [0.4, 0.5) is 0 Å². The molecule has 1 spiro atoms. The van der Waals surface area contributed by atoms with Crippen LogP contribution in [0.3, 0.4) is 0 Å². The summed E-state index contributed by atoms with van der Waals surface area (Å²) in [6.45, 7) is 4.46. The lowest BCUT2D eigenvalue weighted by molar-refractivity contribution is 0.167. The highest BCUT2D eigenvalue weighted by Crippen LogP contribution is 2.46. The van der Waals surface area contributed by atoms with Crippen molar-refractivity contribution in [2.45, 2.75) is 57.0 Å². The second-order valence-corrected chi connectivity index (χ2v) is 9.53. The van der Waals surface area contributed by atoms with Gasteiger partial charge in [-0.2, -0.15) is 5.26 Å². The summed E-state index contributed by atoms with van der Waals surface area (Å²) in [6.07, 6.45) is 4.48. The number of unbranched alkanes of at least 4 members (excludes halogenated alkanes) is 1. The molecule has 0 aliphatic carbocycles. The molecule has 2 fully saturated rings. The number of rotatable bonds is 6. The van der Waals surface area contributed by atoms with E-state index in [9.17, 15) is 5.26 Å². The number of benzene rings is 2. The Bertz CT molecular complexity index is 1040. The molecule has 6 heteroatoms. The van der Waals surface area contributed by atoms with Crippen LogP contribution in [0.1, 0.15) is 43.7 Å². The summed E-state index contributed by atoms with van der Waals surface area (Å²) in [7, 11) is 0. The molecule has 0 radical (unpaired) electrons. The first-order chi connectivity index (χ1) is 15.1. The van der Waals surface area contributed by atoms with Crippen molar-refractivity contribution >= 4 is 21.8 Å². The van der Waals surface area contributed by atoms with E-state index in [1.165, 1.54) is 5.56 Å². The van der Waals surface area contributed by atoms with Gasteiger partial charge in [0.05, 0.1) is 18.2 Å². The number of fused-ring (bicyclic) bond motifs is 2. The van der Waals surface area contributed by atoms with Gasteiger partial charge >= 0.3 is 0 Å². The molecule has 3 heterocycles. The zero-order valence-electron chi connectivity index (χ0n) is 17.7. The number of aliphatic imine (C=N–C) groups is 1. The SMILES string of the molecule is CCCCC1=NC2(CCOC2)C2OC2N1Cc1ccc(-c2cc(Br)ccc2C#N)cc1. The molecule has 0 N–H and O–H groups in total. The fourth-order valence-electron chi connectivity index (χ4n) is 4.70. The molecule has 5 nitrogen and oxygen atoms in total. The monoisotopic (exact) mass is 479 g/mol. The molecule has 3 aliphatic rings. The van der Waals surface area contributed by atoms with Crippen LogP contribution < -0.4 is 0 Å². The predicted molar refractivity (Wildman–Crippen MR) is 124 cm³/mol. The Labute approximate surface area is 191 Å². The van der Waals surface area contributed by atoms with Gasteiger partial charge in [-0.15, -0.1) is 0 Å². The smallest absolute Gasteiger partial charge is 0.161 e. The Morgan fingerprint density at radius 3 is 2.81 bits per heavy atom. The Morgan fingerprint density at radius 2 is 2.10 bits per heavy atom. The average molecular weight is 480 g/mol. The molecule has 0 saturated carbocycles. The first-order valence-corrected chi connectivity index (χ1v) is 11.8. The third-order valence-electron chi connectivity index (χ3n) is 6.49. The Balaban J connectivity index is 1.38. The third-order valence-corrected chi connectivity index (χ3v) is 6.99. The molecule has 31 heavy (non-hydrogen) atoms. The number of nitrogens with zero attached hydrogens (tertiary/aromatic N) is 3. The first-order valence-electron chi connectivity index (χ1n) is 11.0. The van der Waals surface area contributed by atoms with Gasteiger partial charge in [0, 0.05) is 36.0 Å². The summed E-state index contributed by atoms with van der Waals surface area (Å²) in [4.78, 5) is 7.55. The van der Waals surface area contributed by atoms with Gasteiger partial charge in [0.15, 0.2) is 6.23 Å². The van der Waals surface area contributed by atoms with Crippen molar-refractivity contribution in [3.8, 4) is 17.2 Å². The second kappa shape index (κ2) is 8.38. The molecule has 0 bridgehead atoms. The van der Waals surface area contributed by atoms with Crippen molar-refractivity contribution in [3.63, 3.8) is 0 Å². The van der Waals surface area contributed by atoms with Crippen LogP contribution in [-0.2, 0) is 16.0 Å². The molecule has 0 amide bonds. The number of ether oxygens (including phenoxy) is 2. The number of halogens is 1. The minimum absolute atomic E-state index is 0.112. The zero-order chi connectivity index (χ0) is 21.4. The number of hydrogen-bond donors (Lipinski definition) is 0. The van der Waals surface area contributed by atoms with E-state index in [4.69, 9.17) is 14.5 Å². The minimum Gasteiger partial charge on any atom is -0.379 e. The van der Waals surface area contributed by atoms with Gasteiger partial charge in [0.2, 0.25) is 0 Å². The lowest BCUT2D eigenvalue weighted by atomic mass is 9.92. The van der Waals surface area contributed by atoms with Gasteiger partial charge in [-0.3, -0.25) is 4.99 Å². The van der Waals surface area contributed by atoms with E-state index >= 15 is 0 Å². The largest absolute Gasteiger partial charge is 0.379 e. The van der Waals surface area contributed by atoms with Gasteiger partial charge in [-0.25, -0.2) is 0 Å². The molecule has 0 aromatic heterocycles. The molecule has 2 aromatic carbocycles. The predicted octanol–water partition coefficient (Wildman–Crippen LogP) is 5.28. The van der Waals surface area contributed by atoms with Crippen LogP contribution in [0.25, 0.3) is 11.1 Å². The van der Waals surface area contributed by atoms with E-state index in [1.807, 2.05) is 18.2 Å². The van der Waals surface area contributed by atoms with E-state index in [1.54, 1.807) is 0 Å². The van der Waals surface area contributed by atoms with Crippen molar-refractivity contribution in [1.29, 1.82) is 5.26 Å². The maximum Gasteiger partial charge on any atom is 0.161 e. The van der Waals surface area contributed by atoms with Gasteiger partial charge in [0.25, 0.3) is 0 Å². The lowest BCUT2D eigenvalue weighted by Gasteiger charge is -2.34. The molecular formula is C25H26BrN3O2. The standard InChI is InChI=1S/C25H26BrN3O2/c1-2-3-4-22-28-25(11-12-30-16-25)23-24(31-23)29(22)15-17-5-7-18(8-6-17)21-13-20(26)10-9-19(21)14-27/h5-10,13,23-24H,2-4,11-12,15-16H2,1H3. The number of hydrogen-bond acceptors (Lipinski definition) is 5. The zero-order valence-corrected chi connectivity index (χ0v) is 19.3. The summed E-state index contributed by atoms with van der Waals surface area (Å²) in [6, 6.07) is 16.5. The molecule has 160 valence electrons. The first kappa shape index (κ1) is 20.7. The van der Waals surface area contributed by atoms with Crippen molar-refractivity contribution in [2.75, 3.05) is 13.2 Å². The van der Waals surface area contributed by atoms with Crippen molar-refractivity contribution < 1.29 is 9.47 Å². The molecule has 2 aromatic rings. The highest BCUT2D eigenvalue weighted by atomic mass is 79.9. The topological polar surface area (TPSA) is 61.1 Å². The molecule has 5 rings (SSSR count). The third kappa shape index (κ3) is 3.91. The van der Waals surface area contributed by atoms with Crippen molar-refractivity contribution in [2.24, 2.45) is 4.99 Å². The van der Waals surface area contributed by atoms with E-state index < -0.39 is 0 Å². The number of amidine groups is 1. The maximum atomic E-state index is 9.45. The molecular weight excluding hydrogens is 454 g/mol. The fraction of sp³-hybridized carbons (Fsp3) is 0.440. The fourth-order valence-corrected chi connectivity index (χ4v) is 5.06. The second-order valence-electron chi connectivity index (χ2n) is 8.61. The molecule has 2 saturated heterocycles. The van der Waals surface area contributed by atoms with Crippen LogP contribution in [0.2, 0.25) is 0 Å². The maximum absolute atomic E-state index is 9.45. The summed E-state index contributed by atoms with van der Waals surface area (Å²) in [5.74, 6) is 1.16. The average Bonchev–Trinajstić information content (AvgIpc) is 3.48. The minimum atomic E-state index is -0.164. The molecule has 3 atom stereocenters. The van der Waals surface area contributed by atoms with E-state index in [0.717, 1.165) is 60.3 Å². The summed E-state index contributed by atoms with van der Waals surface area (Å²) in [5.41, 5.74) is 3.72. The Morgan fingerprint density at radius 1 is 1.26 bits per heavy atom.